The zero-order valence-electron chi connectivity index (χ0n) is 14.1. The number of fused-ring (bicyclic) bond motifs is 2. The number of carbonyl (C=O) groups is 1. The third kappa shape index (κ3) is 1.43. The first-order chi connectivity index (χ1) is 10.9. The third-order valence-electron chi connectivity index (χ3n) is 8.59. The number of allylic oxidation sites excluding steroid dienone is 1. The van der Waals surface area contributed by atoms with Crippen molar-refractivity contribution in [3.05, 3.63) is 12.2 Å². The Balaban J connectivity index is 1.71. The zero-order valence-corrected chi connectivity index (χ0v) is 14.1. The Bertz CT molecular complexity index is 640. The van der Waals surface area contributed by atoms with E-state index in [-0.39, 0.29) is 22.5 Å². The van der Waals surface area contributed by atoms with E-state index in [2.05, 4.69) is 19.7 Å². The normalized spacial score (nSPS) is 57.1. The molecule has 7 atom stereocenters. The summed E-state index contributed by atoms with van der Waals surface area (Å²) in [6.07, 6.45) is 9.08. The fourth-order valence-electron chi connectivity index (χ4n) is 7.53. The highest BCUT2D eigenvalue weighted by Gasteiger charge is 2.71. The van der Waals surface area contributed by atoms with Crippen LogP contribution in [0.15, 0.2) is 17.1 Å². The number of aliphatic hydroxyl groups excluding tert-OH is 1. The van der Waals surface area contributed by atoms with Crippen LogP contribution in [0.1, 0.15) is 51.9 Å². The van der Waals surface area contributed by atoms with Gasteiger partial charge < -0.3 is 5.11 Å². The summed E-state index contributed by atoms with van der Waals surface area (Å²) in [7, 11) is 0. The molecule has 5 fully saturated rings. The Kier molecular flexibility index (Phi) is 2.61. The smallest absolute Gasteiger partial charge is 0.167 e. The van der Waals surface area contributed by atoms with E-state index in [0.717, 1.165) is 44.2 Å². The second-order valence-electron chi connectivity index (χ2n) is 9.31. The average Bonchev–Trinajstić information content (AvgIpc) is 2.52. The van der Waals surface area contributed by atoms with Crippen LogP contribution in [0.5, 0.6) is 0 Å². The lowest BCUT2D eigenvalue weighted by atomic mass is 9.35. The molecule has 0 aromatic heterocycles. The molecule has 1 spiro atoms. The highest BCUT2D eigenvalue weighted by atomic mass is 16.3. The summed E-state index contributed by atoms with van der Waals surface area (Å²) in [5.41, 5.74) is 0.517. The highest BCUT2D eigenvalue weighted by molar-refractivity contribution is 6.03. The predicted octanol–water partition coefficient (Wildman–Crippen LogP) is 3.17. The fourth-order valence-corrected chi connectivity index (χ4v) is 7.53. The molecule has 1 heterocycles. The summed E-state index contributed by atoms with van der Waals surface area (Å²) in [5.74, 6) is 1.31. The number of hydrogen-bond acceptors (Lipinski definition) is 3. The summed E-state index contributed by atoms with van der Waals surface area (Å²) in [6.45, 7) is 7.37. The lowest BCUT2D eigenvalue weighted by Gasteiger charge is -2.69. The molecule has 0 aromatic rings. The molecule has 5 saturated carbocycles. The van der Waals surface area contributed by atoms with E-state index in [9.17, 15) is 9.90 Å². The van der Waals surface area contributed by atoms with Gasteiger partial charge in [0.05, 0.1) is 11.5 Å². The van der Waals surface area contributed by atoms with Crippen LogP contribution >= 0.6 is 0 Å². The van der Waals surface area contributed by atoms with Gasteiger partial charge in [0, 0.05) is 18.2 Å². The summed E-state index contributed by atoms with van der Waals surface area (Å²) >= 11 is 0. The molecule has 6 rings (SSSR count). The van der Waals surface area contributed by atoms with E-state index in [0.29, 0.717) is 11.8 Å². The van der Waals surface area contributed by atoms with Crippen LogP contribution in [0.3, 0.4) is 0 Å². The molecule has 1 aliphatic heterocycles. The molecule has 3 heteroatoms. The molecule has 0 amide bonds. The standard InChI is InChI=1S/C20H27NO2/c1-12-13-4-7-20(17(12)23)15(8-13)19-6-3-5-18(2,10-21-11-19)14(19)9-16(20)22/h11,13-16,22H,1,3-10H2,2H3/t13-,14?,15?,16+,18-,19-,20+/m0/s1. The summed E-state index contributed by atoms with van der Waals surface area (Å²) < 4.78 is 0. The number of rotatable bonds is 0. The van der Waals surface area contributed by atoms with E-state index < -0.39 is 11.5 Å². The maximum atomic E-state index is 13.2. The molecule has 0 aromatic carbocycles. The maximum absolute atomic E-state index is 13.2. The lowest BCUT2D eigenvalue weighted by Crippen LogP contribution is -2.70. The van der Waals surface area contributed by atoms with E-state index in [1.807, 2.05) is 0 Å². The van der Waals surface area contributed by atoms with Gasteiger partial charge in [-0.2, -0.15) is 0 Å². The first kappa shape index (κ1) is 14.4. The molecule has 4 bridgehead atoms. The van der Waals surface area contributed by atoms with Gasteiger partial charge in [0.15, 0.2) is 5.78 Å². The molecular formula is C20H27NO2. The monoisotopic (exact) mass is 313 g/mol. The van der Waals surface area contributed by atoms with Crippen LogP contribution in [-0.4, -0.2) is 29.8 Å². The maximum Gasteiger partial charge on any atom is 0.167 e. The Morgan fingerprint density at radius 3 is 2.91 bits per heavy atom. The molecule has 0 saturated heterocycles. The predicted molar refractivity (Wildman–Crippen MR) is 89.3 cm³/mol. The first-order valence-corrected chi connectivity index (χ1v) is 9.37. The van der Waals surface area contributed by atoms with Gasteiger partial charge in [-0.1, -0.05) is 19.9 Å². The topological polar surface area (TPSA) is 49.7 Å². The molecule has 5 aliphatic carbocycles. The van der Waals surface area contributed by atoms with Crippen molar-refractivity contribution in [1.82, 2.24) is 0 Å². The van der Waals surface area contributed by atoms with Crippen LogP contribution in [0.2, 0.25) is 0 Å². The largest absolute Gasteiger partial charge is 0.392 e. The number of nitrogens with zero attached hydrogens (tertiary/aromatic N) is 1. The second kappa shape index (κ2) is 4.17. The molecule has 2 unspecified atom stereocenters. The minimum absolute atomic E-state index is 0.0551. The Morgan fingerprint density at radius 1 is 1.26 bits per heavy atom. The van der Waals surface area contributed by atoms with Gasteiger partial charge in [-0.05, 0) is 67.3 Å². The van der Waals surface area contributed by atoms with E-state index in [4.69, 9.17) is 4.99 Å². The van der Waals surface area contributed by atoms with Crippen LogP contribution in [0.25, 0.3) is 0 Å². The van der Waals surface area contributed by atoms with Gasteiger partial charge in [0.2, 0.25) is 0 Å². The van der Waals surface area contributed by atoms with Gasteiger partial charge in [-0.25, -0.2) is 0 Å². The van der Waals surface area contributed by atoms with Crippen LogP contribution in [0, 0.1) is 34.0 Å². The van der Waals surface area contributed by atoms with Crippen LogP contribution in [-0.2, 0) is 4.79 Å². The van der Waals surface area contributed by atoms with Crippen molar-refractivity contribution >= 4 is 12.0 Å². The molecule has 6 aliphatic rings. The van der Waals surface area contributed by atoms with E-state index >= 15 is 0 Å². The number of Topliss-reactive ketones (excluding diaryl/α,β-unsaturated/α-hetero) is 1. The minimum Gasteiger partial charge on any atom is -0.392 e. The van der Waals surface area contributed by atoms with Crippen molar-refractivity contribution in [3.63, 3.8) is 0 Å². The van der Waals surface area contributed by atoms with E-state index in [1.54, 1.807) is 0 Å². The quantitative estimate of drug-likeness (QED) is 0.698. The molecule has 3 nitrogen and oxygen atoms in total. The number of carbonyl (C=O) groups excluding carboxylic acids is 1. The number of aliphatic imine (C=N–C) groups is 1. The van der Waals surface area contributed by atoms with Crippen molar-refractivity contribution in [3.8, 4) is 0 Å². The number of aliphatic hydroxyl groups is 1. The molecule has 124 valence electrons. The van der Waals surface area contributed by atoms with Gasteiger partial charge in [0.1, 0.15) is 0 Å². The third-order valence-corrected chi connectivity index (χ3v) is 8.59. The SMILES string of the molecule is C=C1C(=O)[C@]23CC[C@H]1CC2[C@]12C=NC[C@](C)(CCC1)C2C[C@H]3O. The summed E-state index contributed by atoms with van der Waals surface area (Å²) in [4.78, 5) is 18.0. The van der Waals surface area contributed by atoms with Gasteiger partial charge in [0.25, 0.3) is 0 Å². The lowest BCUT2D eigenvalue weighted by molar-refractivity contribution is -0.201. The summed E-state index contributed by atoms with van der Waals surface area (Å²) in [6, 6.07) is 0. The van der Waals surface area contributed by atoms with Crippen molar-refractivity contribution in [2.45, 2.75) is 58.0 Å². The Hall–Kier alpha value is -0.960. The summed E-state index contributed by atoms with van der Waals surface area (Å²) in [5, 5.41) is 11.2. The molecule has 23 heavy (non-hydrogen) atoms. The Labute approximate surface area is 138 Å². The number of hydrogen-bond donors (Lipinski definition) is 1. The Morgan fingerprint density at radius 2 is 2.09 bits per heavy atom. The van der Waals surface area contributed by atoms with Crippen molar-refractivity contribution < 1.29 is 9.90 Å². The molecule has 1 N–H and O–H groups in total. The van der Waals surface area contributed by atoms with Crippen LogP contribution < -0.4 is 0 Å². The second-order valence-corrected chi connectivity index (χ2v) is 9.31. The molecule has 0 radical (unpaired) electrons. The van der Waals surface area contributed by atoms with Crippen molar-refractivity contribution in [2.24, 2.45) is 39.0 Å². The number of ketones is 1. The average molecular weight is 313 g/mol. The zero-order chi connectivity index (χ0) is 16.0. The van der Waals surface area contributed by atoms with Gasteiger partial charge in [-0.3, -0.25) is 9.79 Å². The van der Waals surface area contributed by atoms with E-state index in [1.165, 1.54) is 12.8 Å². The van der Waals surface area contributed by atoms with Gasteiger partial charge >= 0.3 is 0 Å². The van der Waals surface area contributed by atoms with Crippen molar-refractivity contribution in [1.29, 1.82) is 0 Å². The van der Waals surface area contributed by atoms with Crippen LogP contribution in [0.4, 0.5) is 0 Å². The minimum atomic E-state index is -0.552. The highest BCUT2D eigenvalue weighted by Crippen LogP contribution is 2.71. The first-order valence-electron chi connectivity index (χ1n) is 9.37. The fraction of sp³-hybridized carbons (Fsp3) is 0.800. The van der Waals surface area contributed by atoms with Crippen molar-refractivity contribution in [2.75, 3.05) is 6.54 Å². The molecular weight excluding hydrogens is 286 g/mol. The van der Waals surface area contributed by atoms with Gasteiger partial charge in [-0.15, -0.1) is 0 Å².